The number of anilines is 1. The Morgan fingerprint density at radius 2 is 2.05 bits per heavy atom. The normalized spacial score (nSPS) is 16.4. The molecule has 1 aromatic rings. The molecule has 3 rings (SSSR count). The van der Waals surface area contributed by atoms with Gasteiger partial charge in [0.05, 0.1) is 5.69 Å². The Bertz CT molecular complexity index is 581. The van der Waals surface area contributed by atoms with Crippen molar-refractivity contribution in [1.29, 1.82) is 0 Å². The van der Waals surface area contributed by atoms with Crippen molar-refractivity contribution in [3.8, 4) is 0 Å². The Labute approximate surface area is 130 Å². The molecule has 0 aromatic heterocycles. The van der Waals surface area contributed by atoms with Crippen LogP contribution in [0.3, 0.4) is 0 Å². The number of nitrogens with one attached hydrogen (secondary N) is 1. The minimum atomic E-state index is -0.0378. The van der Waals surface area contributed by atoms with Gasteiger partial charge in [-0.25, -0.2) is 0 Å². The summed E-state index contributed by atoms with van der Waals surface area (Å²) in [5.74, 6) is 0.175. The predicted octanol–water partition coefficient (Wildman–Crippen LogP) is 1.68. The van der Waals surface area contributed by atoms with Crippen LogP contribution >= 0.6 is 0 Å². The molecule has 5 heteroatoms. The van der Waals surface area contributed by atoms with Gasteiger partial charge in [0.15, 0.2) is 0 Å². The number of ether oxygens (including phenoxy) is 1. The first-order valence-electron chi connectivity index (χ1n) is 7.94. The lowest BCUT2D eigenvalue weighted by molar-refractivity contribution is -0.119. The maximum atomic E-state index is 12.3. The van der Waals surface area contributed by atoms with Crippen LogP contribution in [0.1, 0.15) is 40.7 Å². The summed E-state index contributed by atoms with van der Waals surface area (Å²) in [5.41, 5.74) is 4.05. The third-order valence-corrected chi connectivity index (χ3v) is 4.35. The number of aryl methyl sites for hydroxylation is 2. The highest BCUT2D eigenvalue weighted by molar-refractivity contribution is 6.00. The average molecular weight is 302 g/mol. The molecule has 22 heavy (non-hydrogen) atoms. The summed E-state index contributed by atoms with van der Waals surface area (Å²) in [5, 5.41) is 2.93. The molecule has 0 spiro atoms. The number of nitrogens with zero attached hydrogens (tertiary/aromatic N) is 1. The Morgan fingerprint density at radius 1 is 1.27 bits per heavy atom. The summed E-state index contributed by atoms with van der Waals surface area (Å²) in [6, 6.07) is 3.91. The quantitative estimate of drug-likeness (QED) is 0.842. The lowest BCUT2D eigenvalue weighted by Gasteiger charge is -2.35. The minimum Gasteiger partial charge on any atom is -0.385 e. The molecule has 0 fully saturated rings. The molecule has 2 amide bonds. The lowest BCUT2D eigenvalue weighted by Crippen LogP contribution is -2.39. The molecule has 1 aromatic carbocycles. The fourth-order valence-electron chi connectivity index (χ4n) is 3.30. The van der Waals surface area contributed by atoms with E-state index in [1.165, 1.54) is 0 Å². The second kappa shape index (κ2) is 6.48. The van der Waals surface area contributed by atoms with Gasteiger partial charge in [0.2, 0.25) is 5.91 Å². The topological polar surface area (TPSA) is 58.6 Å². The summed E-state index contributed by atoms with van der Waals surface area (Å²) in [4.78, 5) is 26.2. The number of benzene rings is 1. The highest BCUT2D eigenvalue weighted by Crippen LogP contribution is 2.36. The van der Waals surface area contributed by atoms with Crippen molar-refractivity contribution in [2.24, 2.45) is 0 Å². The van der Waals surface area contributed by atoms with E-state index < -0.39 is 0 Å². The number of amides is 2. The van der Waals surface area contributed by atoms with Crippen molar-refractivity contribution < 1.29 is 14.3 Å². The van der Waals surface area contributed by atoms with E-state index >= 15 is 0 Å². The van der Waals surface area contributed by atoms with Crippen molar-refractivity contribution in [3.63, 3.8) is 0 Å². The van der Waals surface area contributed by atoms with E-state index in [2.05, 4.69) is 5.32 Å². The number of hydrogen-bond acceptors (Lipinski definition) is 3. The van der Waals surface area contributed by atoms with E-state index in [0.717, 1.165) is 49.0 Å². The lowest BCUT2D eigenvalue weighted by atomic mass is 9.89. The van der Waals surface area contributed by atoms with Crippen LogP contribution in [0.4, 0.5) is 5.69 Å². The molecule has 2 aliphatic heterocycles. The van der Waals surface area contributed by atoms with Gasteiger partial charge in [0.25, 0.3) is 5.91 Å². The van der Waals surface area contributed by atoms with Crippen LogP contribution in [-0.2, 0) is 22.4 Å². The fraction of sp³-hybridized carbons (Fsp3) is 0.529. The van der Waals surface area contributed by atoms with Crippen LogP contribution in [0.15, 0.2) is 12.1 Å². The molecule has 5 nitrogen and oxygen atoms in total. The average Bonchev–Trinajstić information content (AvgIpc) is 2.54. The first kappa shape index (κ1) is 15.0. The third kappa shape index (κ3) is 2.86. The first-order valence-corrected chi connectivity index (χ1v) is 7.94. The summed E-state index contributed by atoms with van der Waals surface area (Å²) >= 11 is 0. The number of carbonyl (C=O) groups excluding carboxylic acids is 2. The maximum absolute atomic E-state index is 12.3. The van der Waals surface area contributed by atoms with Gasteiger partial charge < -0.3 is 15.0 Å². The fourth-order valence-corrected chi connectivity index (χ4v) is 3.30. The van der Waals surface area contributed by atoms with Crippen molar-refractivity contribution in [2.45, 2.75) is 32.1 Å². The van der Waals surface area contributed by atoms with Crippen LogP contribution in [0.2, 0.25) is 0 Å². The third-order valence-electron chi connectivity index (χ3n) is 4.35. The van der Waals surface area contributed by atoms with Gasteiger partial charge in [-0.05, 0) is 48.9 Å². The van der Waals surface area contributed by atoms with Crippen LogP contribution in [0.25, 0.3) is 0 Å². The largest absolute Gasteiger partial charge is 0.385 e. The molecular formula is C17H22N2O3. The molecule has 0 aliphatic carbocycles. The van der Waals surface area contributed by atoms with E-state index in [4.69, 9.17) is 4.74 Å². The zero-order valence-corrected chi connectivity index (χ0v) is 13.0. The standard InChI is InChI=1S/C17H22N2O3/c1-22-9-3-7-18-17(21)14-10-12-4-2-8-19-15(20)6-5-13(11-14)16(12)19/h10-11H,2-9H2,1H3,(H,18,21). The van der Waals surface area contributed by atoms with Crippen molar-refractivity contribution in [1.82, 2.24) is 5.32 Å². The Morgan fingerprint density at radius 3 is 2.82 bits per heavy atom. The van der Waals surface area contributed by atoms with Gasteiger partial charge in [0.1, 0.15) is 0 Å². The minimum absolute atomic E-state index is 0.0378. The van der Waals surface area contributed by atoms with E-state index in [0.29, 0.717) is 25.1 Å². The molecule has 0 saturated carbocycles. The molecule has 0 unspecified atom stereocenters. The smallest absolute Gasteiger partial charge is 0.251 e. The Kier molecular flexibility index (Phi) is 4.43. The van der Waals surface area contributed by atoms with E-state index in [9.17, 15) is 9.59 Å². The molecule has 2 heterocycles. The van der Waals surface area contributed by atoms with Crippen LogP contribution in [-0.4, -0.2) is 38.6 Å². The van der Waals surface area contributed by atoms with Crippen molar-refractivity contribution in [3.05, 3.63) is 28.8 Å². The Hall–Kier alpha value is -1.88. The monoisotopic (exact) mass is 302 g/mol. The van der Waals surface area contributed by atoms with E-state index in [1.54, 1.807) is 7.11 Å². The predicted molar refractivity (Wildman–Crippen MR) is 84.3 cm³/mol. The highest BCUT2D eigenvalue weighted by atomic mass is 16.5. The zero-order chi connectivity index (χ0) is 15.5. The van der Waals surface area contributed by atoms with Crippen LogP contribution in [0, 0.1) is 0 Å². The van der Waals surface area contributed by atoms with Gasteiger partial charge in [-0.1, -0.05) is 0 Å². The molecule has 1 N–H and O–H groups in total. The van der Waals surface area contributed by atoms with Crippen LogP contribution in [0.5, 0.6) is 0 Å². The summed E-state index contributed by atoms with van der Waals surface area (Å²) in [6.45, 7) is 2.07. The summed E-state index contributed by atoms with van der Waals surface area (Å²) < 4.78 is 4.98. The van der Waals surface area contributed by atoms with Gasteiger partial charge >= 0.3 is 0 Å². The second-order valence-corrected chi connectivity index (χ2v) is 5.89. The van der Waals surface area contributed by atoms with Crippen molar-refractivity contribution >= 4 is 17.5 Å². The molecule has 2 aliphatic rings. The molecule has 0 bridgehead atoms. The first-order chi connectivity index (χ1) is 10.7. The highest BCUT2D eigenvalue weighted by Gasteiger charge is 2.30. The SMILES string of the molecule is COCCCNC(=O)c1cc2c3c(c1)CCC(=O)N3CCC2. The van der Waals surface area contributed by atoms with E-state index in [-0.39, 0.29) is 11.8 Å². The van der Waals surface area contributed by atoms with Crippen LogP contribution < -0.4 is 10.2 Å². The summed E-state index contributed by atoms with van der Waals surface area (Å²) in [6.07, 6.45) is 4.00. The van der Waals surface area contributed by atoms with Gasteiger partial charge in [-0.15, -0.1) is 0 Å². The summed E-state index contributed by atoms with van der Waals surface area (Å²) in [7, 11) is 1.66. The van der Waals surface area contributed by atoms with Gasteiger partial charge in [-0.3, -0.25) is 9.59 Å². The van der Waals surface area contributed by atoms with E-state index in [1.807, 2.05) is 17.0 Å². The zero-order valence-electron chi connectivity index (χ0n) is 13.0. The van der Waals surface area contributed by atoms with Crippen molar-refractivity contribution in [2.75, 3.05) is 31.7 Å². The second-order valence-electron chi connectivity index (χ2n) is 5.89. The number of methoxy groups -OCH3 is 1. The Balaban J connectivity index is 1.80. The molecular weight excluding hydrogens is 280 g/mol. The molecule has 118 valence electrons. The number of carbonyl (C=O) groups is 2. The molecule has 0 atom stereocenters. The number of hydrogen-bond donors (Lipinski definition) is 1. The number of rotatable bonds is 5. The van der Waals surface area contributed by atoms with Gasteiger partial charge in [0, 0.05) is 38.8 Å². The molecule has 0 saturated heterocycles. The van der Waals surface area contributed by atoms with Gasteiger partial charge in [-0.2, -0.15) is 0 Å². The maximum Gasteiger partial charge on any atom is 0.251 e. The molecule has 0 radical (unpaired) electrons.